The highest BCUT2D eigenvalue weighted by Crippen LogP contribution is 2.06. The average molecular weight is 173 g/mol. The maximum absolute atomic E-state index is 5.54. The summed E-state index contributed by atoms with van der Waals surface area (Å²) in [4.78, 5) is 4.24. The van der Waals surface area contributed by atoms with Gasteiger partial charge >= 0.3 is 0 Å². The van der Waals surface area contributed by atoms with E-state index in [4.69, 9.17) is 5.73 Å². The predicted octanol–water partition coefficient (Wildman–Crippen LogP) is 1.33. The fraction of sp³-hybridized carbons (Fsp3) is 0.100. The molecule has 2 heterocycles. The van der Waals surface area contributed by atoms with Gasteiger partial charge in [0.1, 0.15) is 5.82 Å². The predicted molar refractivity (Wildman–Crippen MR) is 51.5 cm³/mol. The minimum Gasteiger partial charge on any atom is -0.326 e. The number of hydrogen-bond acceptors (Lipinski definition) is 2. The van der Waals surface area contributed by atoms with Crippen molar-refractivity contribution in [3.05, 3.63) is 48.4 Å². The lowest BCUT2D eigenvalue weighted by atomic mass is 10.2. The van der Waals surface area contributed by atoms with Crippen LogP contribution in [0.5, 0.6) is 0 Å². The van der Waals surface area contributed by atoms with Gasteiger partial charge < -0.3 is 10.3 Å². The second-order valence-electron chi connectivity index (χ2n) is 2.82. The van der Waals surface area contributed by atoms with Gasteiger partial charge in [0.05, 0.1) is 0 Å². The van der Waals surface area contributed by atoms with Crippen molar-refractivity contribution in [2.75, 3.05) is 0 Å². The summed E-state index contributed by atoms with van der Waals surface area (Å²) < 4.78 is 1.96. The summed E-state index contributed by atoms with van der Waals surface area (Å²) in [7, 11) is 0. The third-order valence-electron chi connectivity index (χ3n) is 1.91. The van der Waals surface area contributed by atoms with E-state index in [9.17, 15) is 0 Å². The zero-order valence-corrected chi connectivity index (χ0v) is 7.22. The molecule has 13 heavy (non-hydrogen) atoms. The van der Waals surface area contributed by atoms with Crippen LogP contribution in [0, 0.1) is 0 Å². The lowest BCUT2D eigenvalue weighted by Crippen LogP contribution is -2.00. The maximum Gasteiger partial charge on any atom is 0.136 e. The quantitative estimate of drug-likeness (QED) is 0.744. The van der Waals surface area contributed by atoms with E-state index in [1.807, 2.05) is 41.2 Å². The van der Waals surface area contributed by atoms with Gasteiger partial charge in [-0.2, -0.15) is 0 Å². The molecule has 0 saturated carbocycles. The first kappa shape index (κ1) is 8.01. The Hall–Kier alpha value is -1.61. The zero-order chi connectivity index (χ0) is 9.10. The molecule has 2 rings (SSSR count). The molecule has 0 fully saturated rings. The Morgan fingerprint density at radius 2 is 2.08 bits per heavy atom. The molecule has 2 N–H and O–H groups in total. The van der Waals surface area contributed by atoms with Crippen LogP contribution in [0.25, 0.3) is 5.82 Å². The maximum atomic E-state index is 5.54. The normalized spacial score (nSPS) is 10.2. The summed E-state index contributed by atoms with van der Waals surface area (Å²) in [5.74, 6) is 0.910. The topological polar surface area (TPSA) is 43.8 Å². The van der Waals surface area contributed by atoms with E-state index < -0.39 is 0 Å². The van der Waals surface area contributed by atoms with Crippen molar-refractivity contribution >= 4 is 0 Å². The van der Waals surface area contributed by atoms with E-state index in [0.717, 1.165) is 11.4 Å². The van der Waals surface area contributed by atoms with Crippen LogP contribution < -0.4 is 5.73 Å². The lowest BCUT2D eigenvalue weighted by molar-refractivity contribution is 0.979. The van der Waals surface area contributed by atoms with Gasteiger partial charge in [0.2, 0.25) is 0 Å². The molecular weight excluding hydrogens is 162 g/mol. The Kier molecular flexibility index (Phi) is 2.10. The van der Waals surface area contributed by atoms with Crippen molar-refractivity contribution in [3.63, 3.8) is 0 Å². The van der Waals surface area contributed by atoms with E-state index in [-0.39, 0.29) is 0 Å². The van der Waals surface area contributed by atoms with E-state index in [1.165, 1.54) is 0 Å². The molecule has 0 aliphatic rings. The Morgan fingerprint density at radius 1 is 1.31 bits per heavy atom. The second-order valence-corrected chi connectivity index (χ2v) is 2.82. The molecule has 2 aromatic rings. The number of nitrogens with two attached hydrogens (primary N) is 1. The van der Waals surface area contributed by atoms with Crippen molar-refractivity contribution in [2.24, 2.45) is 5.73 Å². The van der Waals surface area contributed by atoms with Crippen molar-refractivity contribution in [2.45, 2.75) is 6.54 Å². The van der Waals surface area contributed by atoms with Crippen LogP contribution in [0.15, 0.2) is 42.9 Å². The van der Waals surface area contributed by atoms with Gasteiger partial charge in [0.15, 0.2) is 0 Å². The van der Waals surface area contributed by atoms with E-state index in [2.05, 4.69) is 4.98 Å². The Labute approximate surface area is 76.8 Å². The zero-order valence-electron chi connectivity index (χ0n) is 7.22. The van der Waals surface area contributed by atoms with Crippen molar-refractivity contribution in [3.8, 4) is 5.82 Å². The van der Waals surface area contributed by atoms with E-state index in [1.54, 1.807) is 6.20 Å². The second kappa shape index (κ2) is 3.41. The first-order valence-electron chi connectivity index (χ1n) is 4.18. The number of aromatic nitrogens is 2. The van der Waals surface area contributed by atoms with Crippen LogP contribution in [-0.4, -0.2) is 9.55 Å². The Bertz CT molecular complexity index is 379. The third-order valence-corrected chi connectivity index (χ3v) is 1.91. The number of rotatable bonds is 2. The van der Waals surface area contributed by atoms with Crippen molar-refractivity contribution < 1.29 is 0 Å². The standard InChI is InChI=1S/C10H11N3/c11-8-9-3-4-12-10(7-9)13-5-1-2-6-13/h1-7H,8,11H2. The molecule has 0 unspecified atom stereocenters. The highest BCUT2D eigenvalue weighted by atomic mass is 15.0. The largest absolute Gasteiger partial charge is 0.326 e. The van der Waals surface area contributed by atoms with Gasteiger partial charge in [-0.05, 0) is 29.8 Å². The third kappa shape index (κ3) is 1.60. The molecule has 0 atom stereocenters. The molecule has 0 amide bonds. The molecule has 0 aliphatic carbocycles. The molecule has 0 aromatic carbocycles. The van der Waals surface area contributed by atoms with Crippen LogP contribution >= 0.6 is 0 Å². The summed E-state index contributed by atoms with van der Waals surface area (Å²) in [5.41, 5.74) is 6.63. The molecular formula is C10H11N3. The first-order valence-corrected chi connectivity index (χ1v) is 4.18. The van der Waals surface area contributed by atoms with Gasteiger partial charge in [-0.1, -0.05) is 0 Å². The molecule has 3 heteroatoms. The molecule has 0 radical (unpaired) electrons. The monoisotopic (exact) mass is 173 g/mol. The van der Waals surface area contributed by atoms with Gasteiger partial charge in [-0.25, -0.2) is 4.98 Å². The van der Waals surface area contributed by atoms with Crippen LogP contribution in [0.4, 0.5) is 0 Å². The Balaban J connectivity index is 2.41. The highest BCUT2D eigenvalue weighted by Gasteiger charge is 1.96. The summed E-state index contributed by atoms with van der Waals surface area (Å²) in [6.07, 6.45) is 5.70. The summed E-state index contributed by atoms with van der Waals surface area (Å²) in [6.45, 7) is 0.552. The fourth-order valence-electron chi connectivity index (χ4n) is 1.22. The lowest BCUT2D eigenvalue weighted by Gasteiger charge is -2.02. The summed E-state index contributed by atoms with van der Waals surface area (Å²) >= 11 is 0. The fourth-order valence-corrected chi connectivity index (χ4v) is 1.22. The number of pyridine rings is 1. The van der Waals surface area contributed by atoms with Crippen LogP contribution in [0.2, 0.25) is 0 Å². The summed E-state index contributed by atoms with van der Waals surface area (Å²) in [5, 5.41) is 0. The van der Waals surface area contributed by atoms with E-state index in [0.29, 0.717) is 6.54 Å². The molecule has 0 saturated heterocycles. The SMILES string of the molecule is NCc1ccnc(-n2cccc2)c1. The van der Waals surface area contributed by atoms with Crippen molar-refractivity contribution in [1.29, 1.82) is 0 Å². The summed E-state index contributed by atoms with van der Waals surface area (Å²) in [6, 6.07) is 7.85. The molecule has 0 spiro atoms. The average Bonchev–Trinajstić information content (AvgIpc) is 2.71. The smallest absolute Gasteiger partial charge is 0.136 e. The van der Waals surface area contributed by atoms with Gasteiger partial charge in [0, 0.05) is 25.1 Å². The Morgan fingerprint density at radius 3 is 2.77 bits per heavy atom. The number of nitrogens with zero attached hydrogens (tertiary/aromatic N) is 2. The minimum atomic E-state index is 0.552. The van der Waals surface area contributed by atoms with Gasteiger partial charge in [-0.3, -0.25) is 0 Å². The molecule has 2 aromatic heterocycles. The molecule has 66 valence electrons. The van der Waals surface area contributed by atoms with Crippen LogP contribution in [0.1, 0.15) is 5.56 Å². The van der Waals surface area contributed by atoms with Crippen LogP contribution in [-0.2, 0) is 6.54 Å². The minimum absolute atomic E-state index is 0.552. The molecule has 0 bridgehead atoms. The first-order chi connectivity index (χ1) is 6.40. The van der Waals surface area contributed by atoms with E-state index >= 15 is 0 Å². The van der Waals surface area contributed by atoms with Gasteiger partial charge in [0.25, 0.3) is 0 Å². The molecule has 3 nitrogen and oxygen atoms in total. The van der Waals surface area contributed by atoms with Crippen LogP contribution in [0.3, 0.4) is 0 Å². The number of hydrogen-bond donors (Lipinski definition) is 1. The van der Waals surface area contributed by atoms with Gasteiger partial charge in [-0.15, -0.1) is 0 Å². The molecule has 0 aliphatic heterocycles. The highest BCUT2D eigenvalue weighted by molar-refractivity contribution is 5.28. The van der Waals surface area contributed by atoms with Crippen molar-refractivity contribution in [1.82, 2.24) is 9.55 Å².